The van der Waals surface area contributed by atoms with E-state index in [1.54, 1.807) is 14.2 Å². The summed E-state index contributed by atoms with van der Waals surface area (Å²) in [5.74, 6) is 2.00. The Morgan fingerprint density at radius 2 is 1.71 bits per heavy atom. The summed E-state index contributed by atoms with van der Waals surface area (Å²) in [6, 6.07) is 4.01. The Morgan fingerprint density at radius 3 is 2.35 bits per heavy atom. The summed E-state index contributed by atoms with van der Waals surface area (Å²) in [5, 5.41) is 3.38. The molecule has 0 bridgehead atoms. The number of nitrogens with one attached hydrogen (secondary N) is 1. The average molecular weight is 481 g/mol. The highest BCUT2D eigenvalue weighted by Crippen LogP contribution is 2.40. The van der Waals surface area contributed by atoms with Gasteiger partial charge >= 0.3 is 5.97 Å². The van der Waals surface area contributed by atoms with Crippen LogP contribution in [-0.2, 0) is 16.1 Å². The number of benzene rings is 1. The number of piperazine rings is 1. The first-order chi connectivity index (χ1) is 14.2. The van der Waals surface area contributed by atoms with E-state index >= 15 is 0 Å². The highest BCUT2D eigenvalue weighted by atomic mass is 35.5. The maximum Gasteiger partial charge on any atom is 0.305 e. The second-order valence-electron chi connectivity index (χ2n) is 7.13. The van der Waals surface area contributed by atoms with E-state index in [1.807, 2.05) is 13.0 Å². The molecule has 31 heavy (non-hydrogen) atoms. The molecule has 0 spiro atoms. The van der Waals surface area contributed by atoms with Gasteiger partial charge in [0.25, 0.3) is 0 Å². The summed E-state index contributed by atoms with van der Waals surface area (Å²) >= 11 is 0. The van der Waals surface area contributed by atoms with Crippen LogP contribution in [0.1, 0.15) is 44.6 Å². The summed E-state index contributed by atoms with van der Waals surface area (Å²) < 4.78 is 22.2. The zero-order valence-corrected chi connectivity index (χ0v) is 20.6. The van der Waals surface area contributed by atoms with Gasteiger partial charge < -0.3 is 24.3 Å². The molecule has 1 heterocycles. The molecule has 0 saturated carbocycles. The fraction of sp³-hybridized carbons (Fsp3) is 0.682. The first kappa shape index (κ1) is 29.6. The Balaban J connectivity index is 0.00000450. The molecule has 2 rings (SSSR count). The van der Waals surface area contributed by atoms with Gasteiger partial charge in [-0.3, -0.25) is 9.69 Å². The van der Waals surface area contributed by atoms with E-state index in [9.17, 15) is 4.79 Å². The minimum Gasteiger partial charge on any atom is -0.493 e. The van der Waals surface area contributed by atoms with E-state index in [-0.39, 0.29) is 30.8 Å². The molecule has 1 saturated heterocycles. The normalized spacial score (nSPS) is 13.5. The number of nitrogens with zero attached hydrogens (tertiary/aromatic N) is 1. The third-order valence-corrected chi connectivity index (χ3v) is 5.01. The number of methoxy groups -OCH3 is 2. The lowest BCUT2D eigenvalue weighted by molar-refractivity contribution is -0.143. The zero-order valence-electron chi connectivity index (χ0n) is 18.9. The second-order valence-corrected chi connectivity index (χ2v) is 7.13. The molecule has 0 aliphatic carbocycles. The van der Waals surface area contributed by atoms with Crippen LogP contribution >= 0.6 is 24.8 Å². The average Bonchev–Trinajstić information content (AvgIpc) is 2.74. The van der Waals surface area contributed by atoms with E-state index < -0.39 is 0 Å². The van der Waals surface area contributed by atoms with Gasteiger partial charge in [-0.15, -0.1) is 24.8 Å². The van der Waals surface area contributed by atoms with Crippen molar-refractivity contribution in [3.8, 4) is 17.2 Å². The molecule has 1 aliphatic heterocycles. The highest BCUT2D eigenvalue weighted by molar-refractivity contribution is 5.85. The molecule has 0 radical (unpaired) electrons. The summed E-state index contributed by atoms with van der Waals surface area (Å²) in [6.07, 6.45) is 4.28. The maximum atomic E-state index is 11.4. The van der Waals surface area contributed by atoms with Crippen LogP contribution in [0.2, 0.25) is 0 Å². The number of hydrogen-bond donors (Lipinski definition) is 1. The predicted molar refractivity (Wildman–Crippen MR) is 127 cm³/mol. The fourth-order valence-electron chi connectivity index (χ4n) is 3.46. The van der Waals surface area contributed by atoms with Crippen LogP contribution in [0.25, 0.3) is 0 Å². The molecular formula is C22H38Cl2N2O5. The number of halogens is 2. The molecule has 0 aromatic heterocycles. The maximum absolute atomic E-state index is 11.4. The first-order valence-corrected chi connectivity index (χ1v) is 10.6. The van der Waals surface area contributed by atoms with E-state index in [1.165, 1.54) is 0 Å². The Bertz CT molecular complexity index is 628. The SMILES string of the molecule is CCOC(=O)CCCCCCOc1c(CN2CCNCC2)ccc(OC)c1OC.Cl.Cl. The molecule has 1 fully saturated rings. The van der Waals surface area contributed by atoms with Crippen molar-refractivity contribution in [3.05, 3.63) is 17.7 Å². The Labute approximate surface area is 198 Å². The predicted octanol–water partition coefficient (Wildman–Crippen LogP) is 3.85. The summed E-state index contributed by atoms with van der Waals surface area (Å²) in [4.78, 5) is 13.8. The van der Waals surface area contributed by atoms with Crippen LogP contribution in [0.5, 0.6) is 17.2 Å². The van der Waals surface area contributed by atoms with Crippen LogP contribution in [0.3, 0.4) is 0 Å². The summed E-state index contributed by atoms with van der Waals surface area (Å²) in [6.45, 7) is 7.78. The Morgan fingerprint density at radius 1 is 1.00 bits per heavy atom. The van der Waals surface area contributed by atoms with Gasteiger partial charge in [-0.05, 0) is 25.8 Å². The number of esters is 1. The van der Waals surface area contributed by atoms with Gasteiger partial charge in [-0.25, -0.2) is 0 Å². The lowest BCUT2D eigenvalue weighted by Crippen LogP contribution is -2.42. The molecule has 9 heteroatoms. The van der Waals surface area contributed by atoms with Crippen molar-refractivity contribution in [3.63, 3.8) is 0 Å². The van der Waals surface area contributed by atoms with Crippen molar-refractivity contribution in [1.82, 2.24) is 10.2 Å². The Kier molecular flexibility index (Phi) is 16.4. The van der Waals surface area contributed by atoms with Gasteiger partial charge in [0, 0.05) is 44.7 Å². The van der Waals surface area contributed by atoms with Gasteiger partial charge in [0.1, 0.15) is 0 Å². The smallest absolute Gasteiger partial charge is 0.305 e. The van der Waals surface area contributed by atoms with Crippen LogP contribution in [0.15, 0.2) is 12.1 Å². The van der Waals surface area contributed by atoms with Crippen LogP contribution in [0, 0.1) is 0 Å². The highest BCUT2D eigenvalue weighted by Gasteiger charge is 2.19. The summed E-state index contributed by atoms with van der Waals surface area (Å²) in [5.41, 5.74) is 1.12. The van der Waals surface area contributed by atoms with Crippen molar-refractivity contribution in [2.75, 3.05) is 53.6 Å². The van der Waals surface area contributed by atoms with Crippen LogP contribution < -0.4 is 19.5 Å². The van der Waals surface area contributed by atoms with E-state index in [0.717, 1.165) is 69.7 Å². The monoisotopic (exact) mass is 480 g/mol. The van der Waals surface area contributed by atoms with E-state index in [4.69, 9.17) is 18.9 Å². The van der Waals surface area contributed by atoms with Crippen LogP contribution in [0.4, 0.5) is 0 Å². The minimum atomic E-state index is -0.109. The number of hydrogen-bond acceptors (Lipinski definition) is 7. The summed E-state index contributed by atoms with van der Waals surface area (Å²) in [7, 11) is 3.29. The van der Waals surface area contributed by atoms with Crippen molar-refractivity contribution in [2.24, 2.45) is 0 Å². The van der Waals surface area contributed by atoms with Crippen LogP contribution in [-0.4, -0.2) is 64.5 Å². The number of carbonyl (C=O) groups is 1. The van der Waals surface area contributed by atoms with Gasteiger partial charge in [-0.1, -0.05) is 18.9 Å². The molecule has 1 aliphatic rings. The lowest BCUT2D eigenvalue weighted by atomic mass is 10.1. The largest absolute Gasteiger partial charge is 0.493 e. The number of rotatable bonds is 13. The lowest BCUT2D eigenvalue weighted by Gasteiger charge is -2.28. The number of ether oxygens (including phenoxy) is 4. The third-order valence-electron chi connectivity index (χ3n) is 5.01. The van der Waals surface area contributed by atoms with E-state index in [2.05, 4.69) is 16.3 Å². The standard InChI is InChI=1S/C22H36N2O5.2ClH/c1-4-28-20(25)9-7-5-6-8-16-29-21-18(17-24-14-12-23-13-15-24)10-11-19(26-2)22(21)27-3;;/h10-11,23H,4-9,12-17H2,1-3H3;2*1H. The quantitative estimate of drug-likeness (QED) is 0.339. The van der Waals surface area contributed by atoms with Crippen molar-refractivity contribution < 1.29 is 23.7 Å². The molecule has 0 atom stereocenters. The number of carbonyl (C=O) groups excluding carboxylic acids is 1. The van der Waals surface area contributed by atoms with Gasteiger partial charge in [-0.2, -0.15) is 0 Å². The zero-order chi connectivity index (χ0) is 20.9. The molecular weight excluding hydrogens is 443 g/mol. The van der Waals surface area contributed by atoms with Gasteiger partial charge in [0.2, 0.25) is 5.75 Å². The van der Waals surface area contributed by atoms with E-state index in [0.29, 0.717) is 31.1 Å². The third kappa shape index (κ3) is 10.2. The topological polar surface area (TPSA) is 69.3 Å². The van der Waals surface area contributed by atoms with Crippen molar-refractivity contribution in [1.29, 1.82) is 0 Å². The Hall–Kier alpha value is -1.41. The molecule has 180 valence electrons. The number of unbranched alkanes of at least 4 members (excludes halogenated alkanes) is 3. The van der Waals surface area contributed by atoms with Gasteiger partial charge in [0.15, 0.2) is 11.5 Å². The van der Waals surface area contributed by atoms with Crippen molar-refractivity contribution in [2.45, 2.75) is 45.6 Å². The molecule has 1 aromatic carbocycles. The first-order valence-electron chi connectivity index (χ1n) is 10.6. The second kappa shape index (κ2) is 17.2. The molecule has 1 N–H and O–H groups in total. The molecule has 0 unspecified atom stereocenters. The minimum absolute atomic E-state index is 0. The molecule has 1 aromatic rings. The molecule has 0 amide bonds. The van der Waals surface area contributed by atoms with Gasteiger partial charge in [0.05, 0.1) is 27.4 Å². The van der Waals surface area contributed by atoms with Crippen molar-refractivity contribution >= 4 is 30.8 Å². The fourth-order valence-corrected chi connectivity index (χ4v) is 3.46. The molecule has 7 nitrogen and oxygen atoms in total.